The van der Waals surface area contributed by atoms with Crippen LogP contribution in [-0.4, -0.2) is 17.2 Å². The lowest BCUT2D eigenvalue weighted by molar-refractivity contribution is -0.130. The zero-order chi connectivity index (χ0) is 19.6. The minimum atomic E-state index is -0.714. The molecule has 1 atom stereocenters. The van der Waals surface area contributed by atoms with E-state index in [0.29, 0.717) is 12.2 Å². The van der Waals surface area contributed by atoms with Gasteiger partial charge in [-0.15, -0.1) is 0 Å². The second-order valence-corrected chi connectivity index (χ2v) is 6.53. The molecule has 6 heteroatoms. The maximum Gasteiger partial charge on any atom is 0.288 e. The van der Waals surface area contributed by atoms with Crippen molar-refractivity contribution in [2.45, 2.75) is 6.54 Å². The van der Waals surface area contributed by atoms with Gasteiger partial charge in [-0.25, -0.2) is 8.87 Å². The smallest absolute Gasteiger partial charge is 0.288 e. The maximum absolute atomic E-state index is 13.4. The summed E-state index contributed by atoms with van der Waals surface area (Å²) < 4.78 is 13.6. The largest absolute Gasteiger partial charge is 0.315 e. The second kappa shape index (κ2) is 7.17. The first-order valence-electron chi connectivity index (χ1n) is 8.74. The average Bonchev–Trinajstić information content (AvgIpc) is 3.05. The molecule has 0 bridgehead atoms. The Morgan fingerprint density at radius 3 is 2.57 bits per heavy atom. The van der Waals surface area contributed by atoms with Gasteiger partial charge in [0.15, 0.2) is 11.4 Å². The SMILES string of the molecule is O=CC(=O)NC1=C[N+](Cc2ccc(F)cc2)(c2cccnc2)c2ccccc21. The van der Waals surface area contributed by atoms with Gasteiger partial charge in [0.1, 0.15) is 24.3 Å². The molecule has 3 aromatic rings. The van der Waals surface area contributed by atoms with Crippen LogP contribution < -0.4 is 9.80 Å². The highest BCUT2D eigenvalue weighted by molar-refractivity contribution is 6.26. The monoisotopic (exact) mass is 374 g/mol. The molecule has 1 amide bonds. The van der Waals surface area contributed by atoms with Crippen LogP contribution >= 0.6 is 0 Å². The Balaban J connectivity index is 1.90. The van der Waals surface area contributed by atoms with Crippen molar-refractivity contribution in [3.05, 3.63) is 96.2 Å². The summed E-state index contributed by atoms with van der Waals surface area (Å²) in [5.41, 5.74) is 4.11. The van der Waals surface area contributed by atoms with E-state index in [1.165, 1.54) is 12.1 Å². The van der Waals surface area contributed by atoms with Crippen LogP contribution in [-0.2, 0) is 16.1 Å². The fourth-order valence-electron chi connectivity index (χ4n) is 3.57. The Kier molecular flexibility index (Phi) is 4.55. The van der Waals surface area contributed by atoms with Crippen LogP contribution in [0, 0.1) is 5.82 Å². The molecule has 138 valence electrons. The summed E-state index contributed by atoms with van der Waals surface area (Å²) in [6.07, 6.45) is 5.60. The number of nitrogens with zero attached hydrogens (tertiary/aromatic N) is 2. The fraction of sp³-hybridized carbons (Fsp3) is 0.0455. The molecule has 1 aliphatic heterocycles. The number of carbonyl (C=O) groups is 2. The van der Waals surface area contributed by atoms with Crippen LogP contribution in [0.15, 0.2) is 79.3 Å². The number of benzene rings is 2. The topological polar surface area (TPSA) is 59.1 Å². The quantitative estimate of drug-likeness (QED) is 0.421. The number of carbonyl (C=O) groups excluding carboxylic acids is 2. The van der Waals surface area contributed by atoms with Gasteiger partial charge < -0.3 is 5.32 Å². The van der Waals surface area contributed by atoms with Crippen LogP contribution in [0.3, 0.4) is 0 Å². The van der Waals surface area contributed by atoms with E-state index in [2.05, 4.69) is 10.3 Å². The van der Waals surface area contributed by atoms with E-state index >= 15 is 0 Å². The summed E-state index contributed by atoms with van der Waals surface area (Å²) in [7, 11) is 0. The molecule has 0 saturated heterocycles. The van der Waals surface area contributed by atoms with Gasteiger partial charge in [-0.1, -0.05) is 24.3 Å². The standard InChI is InChI=1S/C22H16FN3O2/c23-17-9-7-16(8-10-17)13-26(18-4-3-11-24-12-18)14-20(25-22(28)15-27)19-5-1-2-6-21(19)26/h1-12,14-15H,13H2/p+1. The number of quaternary nitrogens is 1. The summed E-state index contributed by atoms with van der Waals surface area (Å²) in [5, 5.41) is 2.66. The molecule has 1 aromatic heterocycles. The number of aromatic nitrogens is 1. The molecule has 2 heterocycles. The van der Waals surface area contributed by atoms with Crippen molar-refractivity contribution in [2.75, 3.05) is 0 Å². The minimum Gasteiger partial charge on any atom is -0.315 e. The van der Waals surface area contributed by atoms with Gasteiger partial charge in [-0.2, -0.15) is 0 Å². The number of aldehydes is 1. The molecule has 0 aliphatic carbocycles. The van der Waals surface area contributed by atoms with Gasteiger partial charge in [0, 0.05) is 23.9 Å². The molecule has 2 aromatic carbocycles. The zero-order valence-electron chi connectivity index (χ0n) is 14.9. The lowest BCUT2D eigenvalue weighted by Gasteiger charge is -2.31. The fourth-order valence-corrected chi connectivity index (χ4v) is 3.57. The maximum atomic E-state index is 13.4. The Morgan fingerprint density at radius 2 is 1.86 bits per heavy atom. The first-order valence-corrected chi connectivity index (χ1v) is 8.74. The predicted molar refractivity (Wildman–Crippen MR) is 104 cm³/mol. The summed E-state index contributed by atoms with van der Waals surface area (Å²) in [4.78, 5) is 26.9. The lowest BCUT2D eigenvalue weighted by atomic mass is 10.1. The molecule has 1 aliphatic rings. The van der Waals surface area contributed by atoms with Crippen molar-refractivity contribution in [2.24, 2.45) is 0 Å². The summed E-state index contributed by atoms with van der Waals surface area (Å²) in [6.45, 7) is 0.490. The third-order valence-corrected chi connectivity index (χ3v) is 4.79. The Labute approximate surface area is 161 Å². The number of amides is 1. The van der Waals surface area contributed by atoms with Gasteiger partial charge in [0.25, 0.3) is 5.91 Å². The van der Waals surface area contributed by atoms with E-state index in [-0.39, 0.29) is 16.6 Å². The third-order valence-electron chi connectivity index (χ3n) is 4.79. The van der Waals surface area contributed by atoms with Gasteiger partial charge in [0.2, 0.25) is 6.29 Å². The number of para-hydroxylation sites is 1. The van der Waals surface area contributed by atoms with Crippen molar-refractivity contribution in [1.82, 2.24) is 14.8 Å². The van der Waals surface area contributed by atoms with Crippen molar-refractivity contribution >= 4 is 29.3 Å². The van der Waals surface area contributed by atoms with Crippen LogP contribution in [0.1, 0.15) is 11.1 Å². The molecular weight excluding hydrogens is 357 g/mol. The highest BCUT2D eigenvalue weighted by Gasteiger charge is 2.41. The summed E-state index contributed by atoms with van der Waals surface area (Å²) in [6, 6.07) is 17.8. The Bertz CT molecular complexity index is 1060. The Hall–Kier alpha value is -3.64. The van der Waals surface area contributed by atoms with Crippen molar-refractivity contribution in [3.8, 4) is 0 Å². The number of fused-ring (bicyclic) bond motifs is 1. The molecule has 1 N–H and O–H groups in total. The Morgan fingerprint density at radius 1 is 1.07 bits per heavy atom. The van der Waals surface area contributed by atoms with Gasteiger partial charge in [0.05, 0.1) is 11.8 Å². The minimum absolute atomic E-state index is 0.250. The molecular formula is C22H17FN3O2+. The number of pyridine rings is 1. The van der Waals surface area contributed by atoms with Crippen LogP contribution in [0.25, 0.3) is 5.70 Å². The molecule has 0 spiro atoms. The van der Waals surface area contributed by atoms with Crippen molar-refractivity contribution in [1.29, 1.82) is 0 Å². The molecule has 5 nitrogen and oxygen atoms in total. The number of hydrogen-bond acceptors (Lipinski definition) is 3. The normalized spacial score (nSPS) is 17.5. The number of hydrogen-bond donors (Lipinski definition) is 1. The van der Waals surface area contributed by atoms with Crippen molar-refractivity contribution in [3.63, 3.8) is 0 Å². The van der Waals surface area contributed by atoms with Crippen LogP contribution in [0.4, 0.5) is 15.8 Å². The van der Waals surface area contributed by atoms with E-state index in [1.807, 2.05) is 42.6 Å². The number of nitrogens with one attached hydrogen (secondary N) is 1. The van der Waals surface area contributed by atoms with E-state index in [4.69, 9.17) is 0 Å². The highest BCUT2D eigenvalue weighted by atomic mass is 19.1. The molecule has 0 fully saturated rings. The van der Waals surface area contributed by atoms with Crippen LogP contribution in [0.5, 0.6) is 0 Å². The van der Waals surface area contributed by atoms with E-state index in [0.717, 1.165) is 22.5 Å². The highest BCUT2D eigenvalue weighted by Crippen LogP contribution is 2.46. The molecule has 1 unspecified atom stereocenters. The molecule has 4 rings (SSSR count). The first kappa shape index (κ1) is 17.8. The van der Waals surface area contributed by atoms with E-state index in [9.17, 15) is 14.0 Å². The first-order chi connectivity index (χ1) is 13.6. The van der Waals surface area contributed by atoms with Gasteiger partial charge in [-0.05, 0) is 24.3 Å². The predicted octanol–water partition coefficient (Wildman–Crippen LogP) is 3.69. The summed E-state index contributed by atoms with van der Waals surface area (Å²) >= 11 is 0. The van der Waals surface area contributed by atoms with Gasteiger partial charge in [-0.3, -0.25) is 14.6 Å². The van der Waals surface area contributed by atoms with Gasteiger partial charge >= 0.3 is 0 Å². The van der Waals surface area contributed by atoms with Crippen LogP contribution in [0.2, 0.25) is 0 Å². The van der Waals surface area contributed by atoms with E-state index < -0.39 is 5.91 Å². The van der Waals surface area contributed by atoms with Crippen molar-refractivity contribution < 1.29 is 14.0 Å². The summed E-state index contributed by atoms with van der Waals surface area (Å²) in [5.74, 6) is -1.01. The lowest BCUT2D eigenvalue weighted by Crippen LogP contribution is -2.36. The number of rotatable bonds is 5. The van der Waals surface area contributed by atoms with E-state index in [1.54, 1.807) is 24.5 Å². The molecule has 28 heavy (non-hydrogen) atoms. The second-order valence-electron chi connectivity index (χ2n) is 6.53. The zero-order valence-corrected chi connectivity index (χ0v) is 14.9. The average molecular weight is 374 g/mol. The number of halogens is 1. The molecule has 0 radical (unpaired) electrons. The third kappa shape index (κ3) is 3.10. The molecule has 0 saturated carbocycles.